The molecule has 5 rings (SSSR count). The molecule has 0 spiro atoms. The van der Waals surface area contributed by atoms with E-state index in [0.29, 0.717) is 43.4 Å². The molecule has 2 aromatic heterocycles. The van der Waals surface area contributed by atoms with Gasteiger partial charge in [0.25, 0.3) is 0 Å². The van der Waals surface area contributed by atoms with Crippen LogP contribution in [0.5, 0.6) is 5.75 Å². The van der Waals surface area contributed by atoms with Crippen molar-refractivity contribution in [3.8, 4) is 27.6 Å². The summed E-state index contributed by atoms with van der Waals surface area (Å²) in [5, 5.41) is 5.90. The molecule has 8 heteroatoms. The molecule has 1 atom stereocenters. The summed E-state index contributed by atoms with van der Waals surface area (Å²) < 4.78 is 5.33. The van der Waals surface area contributed by atoms with E-state index in [1.807, 2.05) is 67.0 Å². The van der Waals surface area contributed by atoms with E-state index in [0.717, 1.165) is 39.4 Å². The number of ether oxygens (including phenoxy) is 1. The van der Waals surface area contributed by atoms with Gasteiger partial charge in [-0.2, -0.15) is 0 Å². The van der Waals surface area contributed by atoms with E-state index in [4.69, 9.17) is 4.74 Å². The van der Waals surface area contributed by atoms with E-state index in [2.05, 4.69) is 15.3 Å². The molecule has 1 fully saturated rings. The molecular formula is C33H33N3O4S. The van der Waals surface area contributed by atoms with Crippen molar-refractivity contribution in [3.05, 3.63) is 89.1 Å². The van der Waals surface area contributed by atoms with Crippen LogP contribution in [-0.4, -0.2) is 34.6 Å². The molecule has 1 amide bonds. The summed E-state index contributed by atoms with van der Waals surface area (Å²) in [6.07, 6.45) is 6.50. The lowest BCUT2D eigenvalue weighted by Gasteiger charge is -2.33. The number of methoxy groups -OCH3 is 1. The van der Waals surface area contributed by atoms with Crippen LogP contribution in [0.4, 0.5) is 0 Å². The van der Waals surface area contributed by atoms with E-state index in [-0.39, 0.29) is 23.9 Å². The Balaban J connectivity index is 1.37. The number of amides is 1. The van der Waals surface area contributed by atoms with E-state index < -0.39 is 5.54 Å². The molecule has 0 bridgehead atoms. The first-order valence-electron chi connectivity index (χ1n) is 13.9. The van der Waals surface area contributed by atoms with Gasteiger partial charge in [-0.1, -0.05) is 37.3 Å². The fourth-order valence-corrected chi connectivity index (χ4v) is 6.08. The highest BCUT2D eigenvalue weighted by atomic mass is 32.1. The average Bonchev–Trinajstić information content (AvgIpc) is 3.51. The maximum Gasteiger partial charge on any atom is 0.221 e. The SMILES string of the molecule is CCc1ccc(OC)cc1C(=O)CCC[C@]1(c2ccc(-c3ccc(-c4nccs4)cn3)cc2)NC(=O)CCCC1=O. The van der Waals surface area contributed by atoms with Gasteiger partial charge in [-0.15, -0.1) is 11.3 Å². The van der Waals surface area contributed by atoms with Gasteiger partial charge in [-0.3, -0.25) is 19.4 Å². The van der Waals surface area contributed by atoms with Crippen LogP contribution in [0.25, 0.3) is 21.8 Å². The molecule has 1 N–H and O–H groups in total. The normalized spacial score (nSPS) is 17.1. The molecular weight excluding hydrogens is 534 g/mol. The molecule has 0 saturated carbocycles. The third-order valence-corrected chi connectivity index (χ3v) is 8.53. The second kappa shape index (κ2) is 12.6. The standard InChI is InChI=1S/C33H33N3O4S/c1-3-22-11-15-26(40-2)20-27(22)29(37)6-5-17-33(30(38)7-4-8-31(39)36-33)25-13-9-23(10-14-25)28-16-12-24(21-35-28)32-34-18-19-41-32/h9-16,18-21H,3-8,17H2,1-2H3,(H,36,39)/t33-/m1/s1. The maximum absolute atomic E-state index is 13.6. The zero-order valence-corrected chi connectivity index (χ0v) is 24.1. The van der Waals surface area contributed by atoms with Gasteiger partial charge >= 0.3 is 0 Å². The second-order valence-corrected chi connectivity index (χ2v) is 11.1. The Bertz CT molecular complexity index is 1530. The molecule has 0 unspecified atom stereocenters. The molecule has 1 aliphatic heterocycles. The number of Topliss-reactive ketones (excluding diaryl/α,β-unsaturated/α-hetero) is 2. The highest BCUT2D eigenvalue weighted by Gasteiger charge is 2.42. The second-order valence-electron chi connectivity index (χ2n) is 10.2. The van der Waals surface area contributed by atoms with Crippen molar-refractivity contribution < 1.29 is 19.1 Å². The number of benzene rings is 2. The summed E-state index contributed by atoms with van der Waals surface area (Å²) in [5.41, 5.74) is 3.84. The number of aryl methyl sites for hydroxylation is 1. The maximum atomic E-state index is 13.6. The third kappa shape index (κ3) is 6.12. The summed E-state index contributed by atoms with van der Waals surface area (Å²) in [6, 6.07) is 17.2. The minimum atomic E-state index is -1.17. The van der Waals surface area contributed by atoms with Gasteiger partial charge < -0.3 is 10.1 Å². The summed E-state index contributed by atoms with van der Waals surface area (Å²) in [7, 11) is 1.58. The minimum absolute atomic E-state index is 0.00548. The van der Waals surface area contributed by atoms with Crippen LogP contribution in [0.2, 0.25) is 0 Å². The highest BCUT2D eigenvalue weighted by molar-refractivity contribution is 7.13. The van der Waals surface area contributed by atoms with Gasteiger partial charge in [0.1, 0.15) is 16.3 Å². The van der Waals surface area contributed by atoms with Crippen molar-refractivity contribution in [2.24, 2.45) is 0 Å². The van der Waals surface area contributed by atoms with Gasteiger partial charge in [-0.05, 0) is 61.1 Å². The number of nitrogens with one attached hydrogen (secondary N) is 1. The van der Waals surface area contributed by atoms with Gasteiger partial charge in [0, 0.05) is 53.7 Å². The molecule has 1 saturated heterocycles. The average molecular weight is 568 g/mol. The summed E-state index contributed by atoms with van der Waals surface area (Å²) in [4.78, 5) is 48.5. The Kier molecular flexibility index (Phi) is 8.69. The summed E-state index contributed by atoms with van der Waals surface area (Å²) in [5.74, 6) is 0.475. The van der Waals surface area contributed by atoms with Crippen molar-refractivity contribution in [3.63, 3.8) is 0 Å². The van der Waals surface area contributed by atoms with Gasteiger partial charge in [0.2, 0.25) is 5.91 Å². The Labute approximate surface area is 244 Å². The molecule has 0 aliphatic carbocycles. The predicted molar refractivity (Wildman–Crippen MR) is 160 cm³/mol. The number of ketones is 2. The number of carbonyl (C=O) groups excluding carboxylic acids is 3. The molecule has 0 radical (unpaired) electrons. The number of nitrogens with zero attached hydrogens (tertiary/aromatic N) is 2. The third-order valence-electron chi connectivity index (χ3n) is 7.71. The van der Waals surface area contributed by atoms with Crippen LogP contribution in [0, 0.1) is 0 Å². The van der Waals surface area contributed by atoms with Crippen molar-refractivity contribution in [2.45, 2.75) is 57.4 Å². The Morgan fingerprint density at radius 1 is 1.02 bits per heavy atom. The minimum Gasteiger partial charge on any atom is -0.497 e. The molecule has 210 valence electrons. The van der Waals surface area contributed by atoms with Gasteiger partial charge in [-0.25, -0.2) is 4.98 Å². The number of rotatable bonds is 10. The zero-order valence-electron chi connectivity index (χ0n) is 23.3. The lowest BCUT2D eigenvalue weighted by molar-refractivity contribution is -0.130. The Morgan fingerprint density at radius 2 is 1.83 bits per heavy atom. The lowest BCUT2D eigenvalue weighted by atomic mass is 9.79. The van der Waals surface area contributed by atoms with E-state index in [1.54, 1.807) is 30.7 Å². The monoisotopic (exact) mass is 567 g/mol. The molecule has 2 aromatic carbocycles. The first-order chi connectivity index (χ1) is 19.9. The molecule has 3 heterocycles. The van der Waals surface area contributed by atoms with Crippen molar-refractivity contribution in [1.29, 1.82) is 0 Å². The van der Waals surface area contributed by atoms with E-state index in [9.17, 15) is 14.4 Å². The highest BCUT2D eigenvalue weighted by Crippen LogP contribution is 2.34. The number of thiazole rings is 1. The Hall–Kier alpha value is -4.17. The van der Waals surface area contributed by atoms with Crippen molar-refractivity contribution in [2.75, 3.05) is 7.11 Å². The van der Waals surface area contributed by atoms with Gasteiger partial charge in [0.05, 0.1) is 12.8 Å². The fourth-order valence-electron chi connectivity index (χ4n) is 5.45. The largest absolute Gasteiger partial charge is 0.497 e. The molecule has 41 heavy (non-hydrogen) atoms. The van der Waals surface area contributed by atoms with Crippen LogP contribution in [0.15, 0.2) is 72.4 Å². The first-order valence-corrected chi connectivity index (χ1v) is 14.8. The number of pyridine rings is 1. The number of aromatic nitrogens is 2. The van der Waals surface area contributed by atoms with Crippen molar-refractivity contribution >= 4 is 28.8 Å². The van der Waals surface area contributed by atoms with Crippen LogP contribution < -0.4 is 10.1 Å². The summed E-state index contributed by atoms with van der Waals surface area (Å²) in [6.45, 7) is 2.02. The number of hydrogen-bond acceptors (Lipinski definition) is 7. The van der Waals surface area contributed by atoms with E-state index >= 15 is 0 Å². The molecule has 4 aromatic rings. The smallest absolute Gasteiger partial charge is 0.221 e. The zero-order chi connectivity index (χ0) is 28.8. The fraction of sp³-hybridized carbons (Fsp3) is 0.303. The predicted octanol–water partition coefficient (Wildman–Crippen LogP) is 6.56. The quantitative estimate of drug-likeness (QED) is 0.218. The van der Waals surface area contributed by atoms with Crippen LogP contribution in [0.3, 0.4) is 0 Å². The molecule has 1 aliphatic rings. The number of carbonyl (C=O) groups is 3. The van der Waals surface area contributed by atoms with Gasteiger partial charge in [0.15, 0.2) is 11.6 Å². The molecule has 7 nitrogen and oxygen atoms in total. The number of hydrogen-bond donors (Lipinski definition) is 1. The van der Waals surface area contributed by atoms with Crippen LogP contribution in [0.1, 0.15) is 66.9 Å². The lowest BCUT2D eigenvalue weighted by Crippen LogP contribution is -2.50. The van der Waals surface area contributed by atoms with Crippen molar-refractivity contribution in [1.82, 2.24) is 15.3 Å². The van der Waals surface area contributed by atoms with Crippen LogP contribution in [-0.2, 0) is 21.5 Å². The van der Waals surface area contributed by atoms with Crippen LogP contribution >= 0.6 is 11.3 Å². The van der Waals surface area contributed by atoms with E-state index in [1.165, 1.54) is 0 Å². The Morgan fingerprint density at radius 3 is 2.51 bits per heavy atom. The topological polar surface area (TPSA) is 98.2 Å². The first kappa shape index (κ1) is 28.4. The summed E-state index contributed by atoms with van der Waals surface area (Å²) >= 11 is 1.56.